The minimum atomic E-state index is -0.168. The maximum Gasteiger partial charge on any atom is 0.248 e. The standard InChI is InChI=1S/C15H20N6O/c1-15(2,3)20-10-11(9-13(20)22)16-14-17-18-19-21(14)12-7-5-4-6-8-12/h4-8,11H,9-10H2,1-3H3,(H,16,17,19). The van der Waals surface area contributed by atoms with Crippen LogP contribution in [-0.2, 0) is 4.79 Å². The van der Waals surface area contributed by atoms with E-state index in [1.165, 1.54) is 0 Å². The number of rotatable bonds is 3. The maximum atomic E-state index is 12.1. The van der Waals surface area contributed by atoms with E-state index in [0.717, 1.165) is 5.69 Å². The molecule has 0 spiro atoms. The van der Waals surface area contributed by atoms with Crippen molar-refractivity contribution < 1.29 is 4.79 Å². The Morgan fingerprint density at radius 2 is 1.95 bits per heavy atom. The summed E-state index contributed by atoms with van der Waals surface area (Å²) in [5.74, 6) is 0.712. The number of hydrogen-bond donors (Lipinski definition) is 1. The van der Waals surface area contributed by atoms with Gasteiger partial charge in [-0.15, -0.1) is 0 Å². The van der Waals surface area contributed by atoms with E-state index in [9.17, 15) is 4.79 Å². The minimum absolute atomic E-state index is 0.0141. The zero-order chi connectivity index (χ0) is 15.7. The number of carbonyl (C=O) groups is 1. The second-order valence-corrected chi connectivity index (χ2v) is 6.47. The van der Waals surface area contributed by atoms with Crippen LogP contribution in [0.5, 0.6) is 0 Å². The molecule has 22 heavy (non-hydrogen) atoms. The molecule has 2 aromatic rings. The van der Waals surface area contributed by atoms with E-state index in [4.69, 9.17) is 0 Å². The predicted octanol–water partition coefficient (Wildman–Crippen LogP) is 1.47. The Bertz CT molecular complexity index is 660. The van der Waals surface area contributed by atoms with Crippen LogP contribution in [0, 0.1) is 0 Å². The van der Waals surface area contributed by atoms with Crippen molar-refractivity contribution in [3.05, 3.63) is 30.3 Å². The summed E-state index contributed by atoms with van der Waals surface area (Å²) in [6, 6.07) is 9.69. The van der Waals surface area contributed by atoms with Gasteiger partial charge in [0.1, 0.15) is 0 Å². The molecule has 1 aromatic heterocycles. The third-order valence-electron chi connectivity index (χ3n) is 3.74. The van der Waals surface area contributed by atoms with Crippen molar-refractivity contribution in [2.24, 2.45) is 0 Å². The van der Waals surface area contributed by atoms with Crippen molar-refractivity contribution >= 4 is 11.9 Å². The molecule has 0 aliphatic carbocycles. The van der Waals surface area contributed by atoms with Crippen molar-refractivity contribution in [2.75, 3.05) is 11.9 Å². The number of nitrogens with zero attached hydrogens (tertiary/aromatic N) is 5. The monoisotopic (exact) mass is 300 g/mol. The molecule has 7 nitrogen and oxygen atoms in total. The van der Waals surface area contributed by atoms with Gasteiger partial charge < -0.3 is 10.2 Å². The van der Waals surface area contributed by atoms with Crippen molar-refractivity contribution in [3.8, 4) is 5.69 Å². The zero-order valence-corrected chi connectivity index (χ0v) is 13.0. The largest absolute Gasteiger partial charge is 0.348 e. The van der Waals surface area contributed by atoms with Gasteiger partial charge in [0.15, 0.2) is 0 Å². The van der Waals surface area contributed by atoms with Gasteiger partial charge in [0.05, 0.1) is 11.7 Å². The number of carbonyl (C=O) groups excluding carboxylic acids is 1. The Morgan fingerprint density at radius 3 is 2.59 bits per heavy atom. The Morgan fingerprint density at radius 1 is 1.23 bits per heavy atom. The third kappa shape index (κ3) is 2.79. The summed E-state index contributed by atoms with van der Waals surface area (Å²) in [7, 11) is 0. The Labute approximate surface area is 129 Å². The average Bonchev–Trinajstić information content (AvgIpc) is 3.06. The summed E-state index contributed by atoms with van der Waals surface area (Å²) in [5, 5.41) is 15.1. The van der Waals surface area contributed by atoms with Gasteiger partial charge in [0.25, 0.3) is 0 Å². The fourth-order valence-electron chi connectivity index (χ4n) is 2.66. The molecule has 1 fully saturated rings. The lowest BCUT2D eigenvalue weighted by Gasteiger charge is -2.32. The van der Waals surface area contributed by atoms with Crippen LogP contribution < -0.4 is 5.32 Å². The second-order valence-electron chi connectivity index (χ2n) is 6.47. The average molecular weight is 300 g/mol. The van der Waals surface area contributed by atoms with Crippen LogP contribution in [0.2, 0.25) is 0 Å². The summed E-state index contributed by atoms with van der Waals surface area (Å²) >= 11 is 0. The molecular weight excluding hydrogens is 280 g/mol. The van der Waals surface area contributed by atoms with E-state index < -0.39 is 0 Å². The van der Waals surface area contributed by atoms with Crippen molar-refractivity contribution in [3.63, 3.8) is 0 Å². The Balaban J connectivity index is 1.76. The number of para-hydroxylation sites is 1. The molecule has 1 N–H and O–H groups in total. The lowest BCUT2D eigenvalue weighted by Crippen LogP contribution is -2.43. The zero-order valence-electron chi connectivity index (χ0n) is 13.0. The molecular formula is C15H20N6O. The van der Waals surface area contributed by atoms with E-state index in [-0.39, 0.29) is 17.5 Å². The number of amides is 1. The lowest BCUT2D eigenvalue weighted by molar-refractivity contribution is -0.131. The van der Waals surface area contributed by atoms with Crippen LogP contribution in [0.4, 0.5) is 5.95 Å². The maximum absolute atomic E-state index is 12.1. The summed E-state index contributed by atoms with van der Waals surface area (Å²) < 4.78 is 1.64. The molecule has 1 atom stereocenters. The quantitative estimate of drug-likeness (QED) is 0.929. The minimum Gasteiger partial charge on any atom is -0.348 e. The molecule has 0 bridgehead atoms. The van der Waals surface area contributed by atoms with Crippen LogP contribution in [0.15, 0.2) is 30.3 Å². The molecule has 1 aliphatic rings. The highest BCUT2D eigenvalue weighted by Crippen LogP contribution is 2.24. The highest BCUT2D eigenvalue weighted by molar-refractivity contribution is 5.80. The normalized spacial score (nSPS) is 18.8. The van der Waals surface area contributed by atoms with Crippen molar-refractivity contribution in [1.29, 1.82) is 0 Å². The predicted molar refractivity (Wildman–Crippen MR) is 82.6 cm³/mol. The highest BCUT2D eigenvalue weighted by Gasteiger charge is 2.36. The van der Waals surface area contributed by atoms with Crippen LogP contribution >= 0.6 is 0 Å². The van der Waals surface area contributed by atoms with Crippen molar-refractivity contribution in [1.82, 2.24) is 25.1 Å². The number of aromatic nitrogens is 4. The fraction of sp³-hybridized carbons (Fsp3) is 0.467. The molecule has 116 valence electrons. The van der Waals surface area contributed by atoms with Gasteiger partial charge in [0.2, 0.25) is 11.9 Å². The third-order valence-corrected chi connectivity index (χ3v) is 3.74. The Kier molecular flexibility index (Phi) is 3.56. The first-order chi connectivity index (χ1) is 10.4. The van der Waals surface area contributed by atoms with E-state index in [1.54, 1.807) is 4.68 Å². The first-order valence-corrected chi connectivity index (χ1v) is 7.36. The topological polar surface area (TPSA) is 75.9 Å². The molecule has 1 amide bonds. The highest BCUT2D eigenvalue weighted by atomic mass is 16.2. The molecule has 1 saturated heterocycles. The molecule has 1 unspecified atom stereocenters. The van der Waals surface area contributed by atoms with Gasteiger partial charge in [-0.2, -0.15) is 4.68 Å². The summed E-state index contributed by atoms with van der Waals surface area (Å²) in [5.41, 5.74) is 0.714. The van der Waals surface area contributed by atoms with Gasteiger partial charge in [0, 0.05) is 18.5 Å². The van der Waals surface area contributed by atoms with Gasteiger partial charge in [-0.1, -0.05) is 23.3 Å². The van der Waals surface area contributed by atoms with Gasteiger partial charge >= 0.3 is 0 Å². The molecule has 7 heteroatoms. The molecule has 1 aromatic carbocycles. The molecule has 2 heterocycles. The van der Waals surface area contributed by atoms with Gasteiger partial charge in [-0.25, -0.2) is 0 Å². The number of tetrazole rings is 1. The summed E-state index contributed by atoms with van der Waals surface area (Å²) in [6.07, 6.45) is 0.457. The number of benzene rings is 1. The summed E-state index contributed by atoms with van der Waals surface area (Å²) in [4.78, 5) is 14.0. The van der Waals surface area contributed by atoms with Crippen LogP contribution in [-0.4, -0.2) is 49.1 Å². The number of nitrogens with one attached hydrogen (secondary N) is 1. The number of anilines is 1. The number of hydrogen-bond acceptors (Lipinski definition) is 5. The number of likely N-dealkylation sites (tertiary alicyclic amines) is 1. The van der Waals surface area contributed by atoms with E-state index in [1.807, 2.05) is 56.0 Å². The molecule has 1 aliphatic heterocycles. The lowest BCUT2D eigenvalue weighted by atomic mass is 10.1. The van der Waals surface area contributed by atoms with Gasteiger partial charge in [-0.05, 0) is 43.3 Å². The van der Waals surface area contributed by atoms with Crippen molar-refractivity contribution in [2.45, 2.75) is 38.8 Å². The summed E-state index contributed by atoms with van der Waals surface area (Å²) in [6.45, 7) is 6.79. The van der Waals surface area contributed by atoms with Crippen LogP contribution in [0.3, 0.4) is 0 Å². The van der Waals surface area contributed by atoms with Crippen LogP contribution in [0.25, 0.3) is 5.69 Å². The first-order valence-electron chi connectivity index (χ1n) is 7.36. The SMILES string of the molecule is CC(C)(C)N1CC(Nc2nnnn2-c2ccccc2)CC1=O. The van der Waals surface area contributed by atoms with Crippen LogP contribution in [0.1, 0.15) is 27.2 Å². The Hall–Kier alpha value is -2.44. The molecule has 0 saturated carbocycles. The first kappa shape index (κ1) is 14.5. The van der Waals surface area contributed by atoms with Gasteiger partial charge in [-0.3, -0.25) is 4.79 Å². The second kappa shape index (κ2) is 5.40. The fourth-order valence-corrected chi connectivity index (χ4v) is 2.66. The van der Waals surface area contributed by atoms with E-state index in [0.29, 0.717) is 18.9 Å². The van der Waals surface area contributed by atoms with E-state index in [2.05, 4.69) is 20.8 Å². The molecule has 3 rings (SSSR count). The molecule has 0 radical (unpaired) electrons. The van der Waals surface area contributed by atoms with E-state index >= 15 is 0 Å². The smallest absolute Gasteiger partial charge is 0.248 e.